The van der Waals surface area contributed by atoms with E-state index in [9.17, 15) is 4.79 Å². The Balaban J connectivity index is 2.46. The largest absolute Gasteiger partial charge is 0.493 e. The number of aldehydes is 1. The molecule has 0 aliphatic rings. The van der Waals surface area contributed by atoms with Gasteiger partial charge in [0.15, 0.2) is 17.8 Å². The minimum absolute atomic E-state index is 0.562. The van der Waals surface area contributed by atoms with Crippen LogP contribution in [0.25, 0.3) is 11.3 Å². The molecule has 2 aromatic rings. The number of benzene rings is 1. The molecule has 100 valence electrons. The fraction of sp³-hybridized carbons (Fsp3) is 0.286. The van der Waals surface area contributed by atoms with E-state index >= 15 is 0 Å². The molecule has 0 aliphatic heterocycles. The van der Waals surface area contributed by atoms with Gasteiger partial charge < -0.3 is 9.47 Å². The number of carbonyl (C=O) groups is 1. The van der Waals surface area contributed by atoms with Gasteiger partial charge in [-0.05, 0) is 31.2 Å². The summed E-state index contributed by atoms with van der Waals surface area (Å²) in [5.41, 5.74) is 2.19. The van der Waals surface area contributed by atoms with Crippen LogP contribution in [-0.2, 0) is 6.54 Å². The van der Waals surface area contributed by atoms with Gasteiger partial charge in [-0.25, -0.2) is 0 Å². The summed E-state index contributed by atoms with van der Waals surface area (Å²) in [6.45, 7) is 2.60. The Morgan fingerprint density at radius 3 is 2.47 bits per heavy atom. The van der Waals surface area contributed by atoms with Crippen molar-refractivity contribution in [1.29, 1.82) is 0 Å². The van der Waals surface area contributed by atoms with E-state index in [1.54, 1.807) is 25.0 Å². The maximum atomic E-state index is 10.9. The van der Waals surface area contributed by atoms with E-state index in [4.69, 9.17) is 9.47 Å². The van der Waals surface area contributed by atoms with Gasteiger partial charge >= 0.3 is 0 Å². The molecule has 0 spiro atoms. The number of rotatable bonds is 5. The van der Waals surface area contributed by atoms with Gasteiger partial charge in [-0.15, -0.1) is 0 Å². The third kappa shape index (κ3) is 2.45. The van der Waals surface area contributed by atoms with Gasteiger partial charge in [-0.1, -0.05) is 0 Å². The highest BCUT2D eigenvalue weighted by Crippen LogP contribution is 2.31. The standard InChI is InChI=1S/C14H16N2O3/c1-4-16-11(9-17)8-12(15-16)10-5-6-13(18-2)14(7-10)19-3/h5-9H,4H2,1-3H3. The molecule has 5 heteroatoms. The molecule has 5 nitrogen and oxygen atoms in total. The number of aromatic nitrogens is 2. The first kappa shape index (κ1) is 13.1. The smallest absolute Gasteiger partial charge is 0.168 e. The number of carbonyl (C=O) groups excluding carboxylic acids is 1. The lowest BCUT2D eigenvalue weighted by molar-refractivity contribution is 0.111. The highest BCUT2D eigenvalue weighted by Gasteiger charge is 2.11. The minimum Gasteiger partial charge on any atom is -0.493 e. The first-order chi connectivity index (χ1) is 9.23. The topological polar surface area (TPSA) is 53.4 Å². The summed E-state index contributed by atoms with van der Waals surface area (Å²) >= 11 is 0. The first-order valence-electron chi connectivity index (χ1n) is 5.99. The molecule has 0 bridgehead atoms. The van der Waals surface area contributed by atoms with Crippen molar-refractivity contribution in [2.75, 3.05) is 14.2 Å². The molecule has 0 atom stereocenters. The first-order valence-corrected chi connectivity index (χ1v) is 5.99. The molecule has 0 unspecified atom stereocenters. The Labute approximate surface area is 111 Å². The van der Waals surface area contributed by atoms with Crippen LogP contribution < -0.4 is 9.47 Å². The van der Waals surface area contributed by atoms with Crippen LogP contribution in [0.15, 0.2) is 24.3 Å². The average molecular weight is 260 g/mol. The number of methoxy groups -OCH3 is 2. The van der Waals surface area contributed by atoms with Crippen molar-refractivity contribution in [3.05, 3.63) is 30.0 Å². The summed E-state index contributed by atoms with van der Waals surface area (Å²) in [5.74, 6) is 1.30. The van der Waals surface area contributed by atoms with Crippen LogP contribution in [0.5, 0.6) is 11.5 Å². The van der Waals surface area contributed by atoms with Crippen LogP contribution in [0.4, 0.5) is 0 Å². The molecule has 0 saturated carbocycles. The molecule has 1 aromatic heterocycles. The number of aryl methyl sites for hydroxylation is 1. The summed E-state index contributed by atoms with van der Waals surface area (Å²) < 4.78 is 12.1. The SMILES string of the molecule is CCn1nc(-c2ccc(OC)c(OC)c2)cc1C=O. The van der Waals surface area contributed by atoms with E-state index in [0.29, 0.717) is 23.7 Å². The third-order valence-corrected chi connectivity index (χ3v) is 2.91. The summed E-state index contributed by atoms with van der Waals surface area (Å²) in [7, 11) is 3.18. The Morgan fingerprint density at radius 2 is 1.95 bits per heavy atom. The molecular weight excluding hydrogens is 244 g/mol. The van der Waals surface area contributed by atoms with Gasteiger partial charge in [-0.2, -0.15) is 5.10 Å². The van der Waals surface area contributed by atoms with Crippen LogP contribution in [0, 0.1) is 0 Å². The molecule has 0 aliphatic carbocycles. The van der Waals surface area contributed by atoms with Crippen molar-refractivity contribution in [2.24, 2.45) is 0 Å². The van der Waals surface area contributed by atoms with Gasteiger partial charge in [0.2, 0.25) is 0 Å². The molecule has 0 radical (unpaired) electrons. The second-order valence-electron chi connectivity index (χ2n) is 3.96. The van der Waals surface area contributed by atoms with Crippen LogP contribution in [0.1, 0.15) is 17.4 Å². The van der Waals surface area contributed by atoms with Crippen molar-refractivity contribution in [1.82, 2.24) is 9.78 Å². The molecule has 1 heterocycles. The fourth-order valence-electron chi connectivity index (χ4n) is 1.92. The van der Waals surface area contributed by atoms with Crippen molar-refractivity contribution in [3.63, 3.8) is 0 Å². The average Bonchev–Trinajstić information content (AvgIpc) is 2.89. The van der Waals surface area contributed by atoms with Crippen molar-refractivity contribution >= 4 is 6.29 Å². The third-order valence-electron chi connectivity index (χ3n) is 2.91. The van der Waals surface area contributed by atoms with Gasteiger partial charge in [0, 0.05) is 12.1 Å². The van der Waals surface area contributed by atoms with E-state index in [1.165, 1.54) is 0 Å². The molecule has 0 saturated heterocycles. The summed E-state index contributed by atoms with van der Waals surface area (Å²) in [5, 5.41) is 4.39. The van der Waals surface area contributed by atoms with Crippen LogP contribution in [-0.4, -0.2) is 30.3 Å². The van der Waals surface area contributed by atoms with Crippen LogP contribution in [0.2, 0.25) is 0 Å². The number of nitrogens with zero attached hydrogens (tertiary/aromatic N) is 2. The highest BCUT2D eigenvalue weighted by atomic mass is 16.5. The lowest BCUT2D eigenvalue weighted by Crippen LogP contribution is -2.01. The maximum absolute atomic E-state index is 10.9. The highest BCUT2D eigenvalue weighted by molar-refractivity contribution is 5.76. The zero-order valence-corrected chi connectivity index (χ0v) is 11.2. The van der Waals surface area contributed by atoms with Crippen molar-refractivity contribution in [3.8, 4) is 22.8 Å². The minimum atomic E-state index is 0.562. The Hall–Kier alpha value is -2.30. The van der Waals surface area contributed by atoms with E-state index < -0.39 is 0 Å². The predicted molar refractivity (Wildman–Crippen MR) is 71.8 cm³/mol. The molecular formula is C14H16N2O3. The van der Waals surface area contributed by atoms with E-state index in [-0.39, 0.29) is 0 Å². The summed E-state index contributed by atoms with van der Waals surface area (Å²) in [6, 6.07) is 7.31. The van der Waals surface area contributed by atoms with E-state index in [1.807, 2.05) is 25.1 Å². The van der Waals surface area contributed by atoms with Gasteiger partial charge in [0.1, 0.15) is 5.69 Å². The molecule has 19 heavy (non-hydrogen) atoms. The zero-order chi connectivity index (χ0) is 13.8. The van der Waals surface area contributed by atoms with Crippen molar-refractivity contribution < 1.29 is 14.3 Å². The summed E-state index contributed by atoms with van der Waals surface area (Å²) in [6.07, 6.45) is 0.806. The van der Waals surface area contributed by atoms with Gasteiger partial charge in [0.05, 0.1) is 19.9 Å². The maximum Gasteiger partial charge on any atom is 0.168 e. The molecule has 0 fully saturated rings. The molecule has 1 aromatic carbocycles. The van der Waals surface area contributed by atoms with Crippen molar-refractivity contribution in [2.45, 2.75) is 13.5 Å². The zero-order valence-electron chi connectivity index (χ0n) is 11.2. The molecule has 0 amide bonds. The van der Waals surface area contributed by atoms with Gasteiger partial charge in [0.25, 0.3) is 0 Å². The normalized spacial score (nSPS) is 10.3. The number of hydrogen-bond acceptors (Lipinski definition) is 4. The quantitative estimate of drug-likeness (QED) is 0.775. The lowest BCUT2D eigenvalue weighted by atomic mass is 10.1. The Morgan fingerprint density at radius 1 is 1.21 bits per heavy atom. The lowest BCUT2D eigenvalue weighted by Gasteiger charge is -2.08. The molecule has 0 N–H and O–H groups in total. The number of ether oxygens (including phenoxy) is 2. The summed E-state index contributed by atoms with van der Waals surface area (Å²) in [4.78, 5) is 10.9. The van der Waals surface area contributed by atoms with Crippen LogP contribution >= 0.6 is 0 Å². The van der Waals surface area contributed by atoms with Gasteiger partial charge in [-0.3, -0.25) is 9.48 Å². The fourth-order valence-corrected chi connectivity index (χ4v) is 1.92. The Kier molecular flexibility index (Phi) is 3.85. The Bertz CT molecular complexity index is 590. The molecule has 2 rings (SSSR count). The van der Waals surface area contributed by atoms with Crippen LogP contribution in [0.3, 0.4) is 0 Å². The monoisotopic (exact) mass is 260 g/mol. The second kappa shape index (κ2) is 5.56. The van der Waals surface area contributed by atoms with E-state index in [0.717, 1.165) is 17.5 Å². The van der Waals surface area contributed by atoms with E-state index in [2.05, 4.69) is 5.10 Å². The second-order valence-corrected chi connectivity index (χ2v) is 3.96. The number of hydrogen-bond donors (Lipinski definition) is 0. The predicted octanol–water partition coefficient (Wildman–Crippen LogP) is 2.40.